The molecule has 3 rings (SSSR count). The smallest absolute Gasteiger partial charge is 0.385 e. The number of aliphatic hydroxyl groups is 1. The van der Waals surface area contributed by atoms with Crippen LogP contribution in [-0.4, -0.2) is 29.1 Å². The fourth-order valence-electron chi connectivity index (χ4n) is 3.86. The van der Waals surface area contributed by atoms with Gasteiger partial charge in [0.15, 0.2) is 0 Å². The van der Waals surface area contributed by atoms with Crippen LogP contribution in [0.4, 0.5) is 13.2 Å². The molecule has 1 aromatic rings. The zero-order valence-electron chi connectivity index (χ0n) is 13.4. The van der Waals surface area contributed by atoms with E-state index in [-0.39, 0.29) is 5.92 Å². The van der Waals surface area contributed by atoms with Crippen molar-refractivity contribution >= 4 is 0 Å². The number of halogens is 3. The van der Waals surface area contributed by atoms with Crippen LogP contribution in [-0.2, 0) is 11.8 Å². The average Bonchev–Trinajstić information content (AvgIpc) is 3.38. The standard InChI is InChI=1S/C18H24F3NO/c1-2-17(23,13-5-3-6-14(11-13)18(19,20)21)15-7-4-10-22(12-15)16-8-9-16/h3,5-6,11,15-16,23H,2,4,7-10,12H2,1H3. The van der Waals surface area contributed by atoms with E-state index < -0.39 is 17.3 Å². The Balaban J connectivity index is 1.87. The highest BCUT2D eigenvalue weighted by atomic mass is 19.4. The van der Waals surface area contributed by atoms with E-state index in [1.54, 1.807) is 6.07 Å². The Hall–Kier alpha value is -1.07. The molecule has 0 radical (unpaired) electrons. The van der Waals surface area contributed by atoms with Crippen LogP contribution in [0.25, 0.3) is 0 Å². The van der Waals surface area contributed by atoms with Crippen LogP contribution in [0.5, 0.6) is 0 Å². The molecule has 0 aromatic heterocycles. The van der Waals surface area contributed by atoms with Crippen LogP contribution >= 0.6 is 0 Å². The first kappa shape index (κ1) is 16.8. The number of rotatable bonds is 4. The summed E-state index contributed by atoms with van der Waals surface area (Å²) in [7, 11) is 0. The summed E-state index contributed by atoms with van der Waals surface area (Å²) in [6.45, 7) is 3.69. The molecule has 2 fully saturated rings. The number of alkyl halides is 3. The Morgan fingerprint density at radius 3 is 2.48 bits per heavy atom. The minimum Gasteiger partial charge on any atom is -0.385 e. The fourth-order valence-corrected chi connectivity index (χ4v) is 3.86. The van der Waals surface area contributed by atoms with Crippen LogP contribution in [0.1, 0.15) is 50.2 Å². The molecular weight excluding hydrogens is 303 g/mol. The molecule has 0 bridgehead atoms. The number of likely N-dealkylation sites (tertiary alicyclic amines) is 1. The first-order valence-electron chi connectivity index (χ1n) is 8.48. The number of hydrogen-bond donors (Lipinski definition) is 1. The highest BCUT2D eigenvalue weighted by Gasteiger charge is 2.43. The lowest BCUT2D eigenvalue weighted by atomic mass is 9.75. The van der Waals surface area contributed by atoms with Crippen molar-refractivity contribution in [2.24, 2.45) is 5.92 Å². The van der Waals surface area contributed by atoms with Gasteiger partial charge < -0.3 is 5.11 Å². The fraction of sp³-hybridized carbons (Fsp3) is 0.667. The molecule has 2 atom stereocenters. The summed E-state index contributed by atoms with van der Waals surface area (Å²) in [5.74, 6) is -0.00895. The Kier molecular flexibility index (Phi) is 4.45. The van der Waals surface area contributed by atoms with Gasteiger partial charge in [0.2, 0.25) is 0 Å². The zero-order chi connectivity index (χ0) is 16.7. The van der Waals surface area contributed by atoms with Crippen molar-refractivity contribution in [2.45, 2.75) is 56.8 Å². The third-order valence-electron chi connectivity index (χ3n) is 5.42. The molecule has 2 aliphatic rings. The molecule has 5 heteroatoms. The molecule has 1 heterocycles. The molecule has 2 nitrogen and oxygen atoms in total. The first-order chi connectivity index (χ1) is 10.8. The predicted octanol–water partition coefficient (Wildman–Crippen LogP) is 4.18. The van der Waals surface area contributed by atoms with Gasteiger partial charge >= 0.3 is 6.18 Å². The second kappa shape index (κ2) is 6.10. The van der Waals surface area contributed by atoms with Crippen molar-refractivity contribution in [3.63, 3.8) is 0 Å². The Bertz CT molecular complexity index is 555. The lowest BCUT2D eigenvalue weighted by Gasteiger charge is -2.42. The maximum atomic E-state index is 13.0. The van der Waals surface area contributed by atoms with Crippen LogP contribution in [0.2, 0.25) is 0 Å². The highest BCUT2D eigenvalue weighted by molar-refractivity contribution is 5.31. The van der Waals surface area contributed by atoms with Crippen molar-refractivity contribution in [3.8, 4) is 0 Å². The second-order valence-corrected chi connectivity index (χ2v) is 6.92. The second-order valence-electron chi connectivity index (χ2n) is 6.92. The van der Waals surface area contributed by atoms with Crippen molar-refractivity contribution in [3.05, 3.63) is 35.4 Å². The van der Waals surface area contributed by atoms with Crippen LogP contribution in [0, 0.1) is 5.92 Å². The number of hydrogen-bond acceptors (Lipinski definition) is 2. The van der Waals surface area contributed by atoms with Gasteiger partial charge in [-0.3, -0.25) is 4.90 Å². The van der Waals surface area contributed by atoms with Gasteiger partial charge in [-0.05, 0) is 56.3 Å². The largest absolute Gasteiger partial charge is 0.416 e. The summed E-state index contributed by atoms with van der Waals surface area (Å²) < 4.78 is 39.0. The lowest BCUT2D eigenvalue weighted by molar-refractivity contribution is -0.137. The zero-order valence-corrected chi connectivity index (χ0v) is 13.4. The van der Waals surface area contributed by atoms with Gasteiger partial charge in [0.05, 0.1) is 11.2 Å². The summed E-state index contributed by atoms with van der Waals surface area (Å²) in [6.07, 6.45) is 0.336. The minimum atomic E-state index is -4.38. The monoisotopic (exact) mass is 327 g/mol. The molecule has 2 unspecified atom stereocenters. The molecule has 0 amide bonds. The van der Waals surface area contributed by atoms with E-state index in [2.05, 4.69) is 4.90 Å². The minimum absolute atomic E-state index is 0.00895. The number of nitrogens with zero attached hydrogens (tertiary/aromatic N) is 1. The normalized spacial score (nSPS) is 26.0. The summed E-state index contributed by atoms with van der Waals surface area (Å²) >= 11 is 0. The molecule has 1 aromatic carbocycles. The quantitative estimate of drug-likeness (QED) is 0.897. The maximum Gasteiger partial charge on any atom is 0.416 e. The van der Waals surface area contributed by atoms with E-state index in [0.717, 1.165) is 38.1 Å². The van der Waals surface area contributed by atoms with Gasteiger partial charge in [-0.15, -0.1) is 0 Å². The summed E-state index contributed by atoms with van der Waals surface area (Å²) in [5.41, 5.74) is -1.47. The first-order valence-corrected chi connectivity index (χ1v) is 8.48. The lowest BCUT2D eigenvalue weighted by Crippen LogP contribution is -2.46. The highest BCUT2D eigenvalue weighted by Crippen LogP contribution is 2.42. The maximum absolute atomic E-state index is 13.0. The topological polar surface area (TPSA) is 23.5 Å². The van der Waals surface area contributed by atoms with E-state index >= 15 is 0 Å². The Morgan fingerprint density at radius 2 is 1.87 bits per heavy atom. The van der Waals surface area contributed by atoms with Gasteiger partial charge in [-0.2, -0.15) is 13.2 Å². The van der Waals surface area contributed by atoms with Crippen molar-refractivity contribution in [1.29, 1.82) is 0 Å². The van der Waals surface area contributed by atoms with E-state index in [1.807, 2.05) is 6.92 Å². The van der Waals surface area contributed by atoms with Crippen LogP contribution in [0.3, 0.4) is 0 Å². The molecule has 1 saturated heterocycles. The molecule has 23 heavy (non-hydrogen) atoms. The molecular formula is C18H24F3NO. The predicted molar refractivity (Wildman–Crippen MR) is 83.0 cm³/mol. The summed E-state index contributed by atoms with van der Waals surface area (Å²) in [4.78, 5) is 2.41. The summed E-state index contributed by atoms with van der Waals surface area (Å²) in [6, 6.07) is 5.85. The van der Waals surface area contributed by atoms with Crippen LogP contribution < -0.4 is 0 Å². The van der Waals surface area contributed by atoms with E-state index in [1.165, 1.54) is 18.9 Å². The van der Waals surface area contributed by atoms with E-state index in [4.69, 9.17) is 0 Å². The average molecular weight is 327 g/mol. The number of piperidine rings is 1. The van der Waals surface area contributed by atoms with E-state index in [0.29, 0.717) is 18.0 Å². The Morgan fingerprint density at radius 1 is 1.17 bits per heavy atom. The third kappa shape index (κ3) is 3.41. The SMILES string of the molecule is CCC(O)(c1cccc(C(F)(F)F)c1)C1CCCN(C2CC2)C1. The molecule has 1 N–H and O–H groups in total. The van der Waals surface area contributed by atoms with Crippen molar-refractivity contribution < 1.29 is 18.3 Å². The molecule has 1 aliphatic carbocycles. The van der Waals surface area contributed by atoms with Crippen LogP contribution in [0.15, 0.2) is 24.3 Å². The molecule has 1 saturated carbocycles. The van der Waals surface area contributed by atoms with Crippen molar-refractivity contribution in [1.82, 2.24) is 4.90 Å². The summed E-state index contributed by atoms with van der Waals surface area (Å²) in [5, 5.41) is 11.2. The molecule has 1 aliphatic heterocycles. The third-order valence-corrected chi connectivity index (χ3v) is 5.42. The number of benzene rings is 1. The van der Waals surface area contributed by atoms with Gasteiger partial charge in [0.1, 0.15) is 0 Å². The van der Waals surface area contributed by atoms with Gasteiger partial charge in [-0.25, -0.2) is 0 Å². The van der Waals surface area contributed by atoms with Gasteiger partial charge in [0, 0.05) is 18.5 Å². The molecule has 128 valence electrons. The van der Waals surface area contributed by atoms with E-state index in [9.17, 15) is 18.3 Å². The Labute approximate surface area is 135 Å². The molecule has 0 spiro atoms. The van der Waals surface area contributed by atoms with Crippen molar-refractivity contribution in [2.75, 3.05) is 13.1 Å². The van der Waals surface area contributed by atoms with Gasteiger partial charge in [-0.1, -0.05) is 19.1 Å². The van der Waals surface area contributed by atoms with Gasteiger partial charge in [0.25, 0.3) is 0 Å².